The summed E-state index contributed by atoms with van der Waals surface area (Å²) in [7, 11) is 0. The van der Waals surface area contributed by atoms with Crippen LogP contribution in [0.25, 0.3) is 21.7 Å². The van der Waals surface area contributed by atoms with Crippen molar-refractivity contribution in [3.8, 4) is 5.75 Å². The van der Waals surface area contributed by atoms with E-state index in [1.54, 1.807) is 6.07 Å². The molecule has 0 amide bonds. The summed E-state index contributed by atoms with van der Waals surface area (Å²) in [6.45, 7) is 1.82. The molecule has 0 saturated heterocycles. The Bertz CT molecular complexity index is 1090. The van der Waals surface area contributed by atoms with Gasteiger partial charge in [0.15, 0.2) is 0 Å². The molecule has 0 saturated carbocycles. The number of rotatable bonds is 6. The molecular weight excluding hydrogens is 326 g/mol. The first kappa shape index (κ1) is 16.4. The van der Waals surface area contributed by atoms with Crippen molar-refractivity contribution in [2.45, 2.75) is 6.54 Å². The lowest BCUT2D eigenvalue weighted by Gasteiger charge is -2.10. The van der Waals surface area contributed by atoms with Crippen molar-refractivity contribution in [3.63, 3.8) is 0 Å². The molecule has 0 atom stereocenters. The van der Waals surface area contributed by atoms with Crippen LogP contribution in [0, 0.1) is 0 Å². The summed E-state index contributed by atoms with van der Waals surface area (Å²) in [6, 6.07) is 23.2. The van der Waals surface area contributed by atoms with E-state index in [1.165, 1.54) is 0 Å². The quantitative estimate of drug-likeness (QED) is 0.324. The molecular formula is C22H19NO3. The Hall–Kier alpha value is -3.11. The van der Waals surface area contributed by atoms with Gasteiger partial charge in [-0.15, -0.1) is 0 Å². The first-order valence-electron chi connectivity index (χ1n) is 8.64. The van der Waals surface area contributed by atoms with Crippen molar-refractivity contribution in [2.24, 2.45) is 0 Å². The van der Waals surface area contributed by atoms with E-state index in [2.05, 4.69) is 17.4 Å². The van der Waals surface area contributed by atoms with Gasteiger partial charge in [-0.25, -0.2) is 4.79 Å². The Morgan fingerprint density at radius 1 is 0.923 bits per heavy atom. The van der Waals surface area contributed by atoms with Crippen LogP contribution in [0.1, 0.15) is 5.56 Å². The van der Waals surface area contributed by atoms with Crippen LogP contribution >= 0.6 is 0 Å². The van der Waals surface area contributed by atoms with E-state index in [0.717, 1.165) is 27.5 Å². The van der Waals surface area contributed by atoms with E-state index in [-0.39, 0.29) is 5.63 Å². The molecule has 26 heavy (non-hydrogen) atoms. The largest absolute Gasteiger partial charge is 0.492 e. The highest BCUT2D eigenvalue weighted by Crippen LogP contribution is 2.27. The molecule has 0 aliphatic rings. The molecule has 0 aliphatic carbocycles. The second kappa shape index (κ2) is 7.42. The fourth-order valence-electron chi connectivity index (χ4n) is 3.14. The topological polar surface area (TPSA) is 51.5 Å². The summed E-state index contributed by atoms with van der Waals surface area (Å²) < 4.78 is 11.1. The van der Waals surface area contributed by atoms with Gasteiger partial charge in [-0.2, -0.15) is 0 Å². The molecule has 0 bridgehead atoms. The fourth-order valence-corrected chi connectivity index (χ4v) is 3.14. The molecule has 0 radical (unpaired) electrons. The number of hydrogen-bond donors (Lipinski definition) is 1. The van der Waals surface area contributed by atoms with E-state index in [1.807, 2.05) is 54.6 Å². The second-order valence-corrected chi connectivity index (χ2v) is 6.09. The Morgan fingerprint density at radius 2 is 1.73 bits per heavy atom. The van der Waals surface area contributed by atoms with Crippen LogP contribution in [0.3, 0.4) is 0 Å². The highest BCUT2D eigenvalue weighted by atomic mass is 16.5. The second-order valence-electron chi connectivity index (χ2n) is 6.09. The van der Waals surface area contributed by atoms with Crippen LogP contribution < -0.4 is 15.7 Å². The van der Waals surface area contributed by atoms with Crippen LogP contribution in [-0.2, 0) is 6.54 Å². The molecule has 4 heteroatoms. The average molecular weight is 345 g/mol. The van der Waals surface area contributed by atoms with Crippen molar-refractivity contribution >= 4 is 21.7 Å². The molecule has 0 aliphatic heterocycles. The van der Waals surface area contributed by atoms with Crippen molar-refractivity contribution in [1.82, 2.24) is 5.32 Å². The molecule has 4 aromatic rings. The van der Waals surface area contributed by atoms with Gasteiger partial charge in [-0.05, 0) is 34.5 Å². The molecule has 0 unspecified atom stereocenters. The zero-order chi connectivity index (χ0) is 17.8. The number of fused-ring (bicyclic) bond motifs is 3. The highest BCUT2D eigenvalue weighted by molar-refractivity contribution is 6.07. The minimum atomic E-state index is -0.329. The van der Waals surface area contributed by atoms with Crippen LogP contribution in [0.4, 0.5) is 0 Å². The molecule has 0 spiro atoms. The lowest BCUT2D eigenvalue weighted by molar-refractivity contribution is 0.313. The summed E-state index contributed by atoms with van der Waals surface area (Å²) in [5.74, 6) is 0.853. The van der Waals surface area contributed by atoms with E-state index in [4.69, 9.17) is 9.15 Å². The third-order valence-corrected chi connectivity index (χ3v) is 4.32. The number of nitrogens with one attached hydrogen (secondary N) is 1. The normalized spacial score (nSPS) is 11.1. The van der Waals surface area contributed by atoms with Gasteiger partial charge in [0.05, 0.1) is 0 Å². The Morgan fingerprint density at radius 3 is 2.62 bits per heavy atom. The zero-order valence-corrected chi connectivity index (χ0v) is 14.3. The predicted octanol–water partition coefficient (Wildman–Crippen LogP) is 4.11. The van der Waals surface area contributed by atoms with Crippen LogP contribution in [0.15, 0.2) is 82.0 Å². The highest BCUT2D eigenvalue weighted by Gasteiger charge is 2.09. The predicted molar refractivity (Wildman–Crippen MR) is 104 cm³/mol. The van der Waals surface area contributed by atoms with Gasteiger partial charge in [0.2, 0.25) is 0 Å². The first-order valence-corrected chi connectivity index (χ1v) is 8.64. The fraction of sp³-hybridized carbons (Fsp3) is 0.136. The number of para-hydroxylation sites is 1. The van der Waals surface area contributed by atoms with Gasteiger partial charge in [-0.1, -0.05) is 48.5 Å². The summed E-state index contributed by atoms with van der Waals surface area (Å²) in [4.78, 5) is 11.9. The first-order chi connectivity index (χ1) is 12.8. The van der Waals surface area contributed by atoms with Crippen LogP contribution in [0.2, 0.25) is 0 Å². The Kier molecular flexibility index (Phi) is 4.67. The van der Waals surface area contributed by atoms with E-state index in [0.29, 0.717) is 25.3 Å². The average Bonchev–Trinajstić information content (AvgIpc) is 2.68. The Balaban J connectivity index is 1.52. The van der Waals surface area contributed by atoms with Gasteiger partial charge in [-0.3, -0.25) is 0 Å². The third kappa shape index (κ3) is 3.46. The maximum atomic E-state index is 11.9. The van der Waals surface area contributed by atoms with E-state index >= 15 is 0 Å². The van der Waals surface area contributed by atoms with Crippen molar-refractivity contribution in [3.05, 3.63) is 88.8 Å². The van der Waals surface area contributed by atoms with Crippen molar-refractivity contribution in [2.75, 3.05) is 13.2 Å². The summed E-state index contributed by atoms with van der Waals surface area (Å²) in [5.41, 5.74) is 1.23. The van der Waals surface area contributed by atoms with Gasteiger partial charge >= 0.3 is 5.63 Å². The molecule has 4 rings (SSSR count). The summed E-state index contributed by atoms with van der Waals surface area (Å²) >= 11 is 0. The Labute approximate surface area is 151 Å². The van der Waals surface area contributed by atoms with E-state index < -0.39 is 0 Å². The van der Waals surface area contributed by atoms with Gasteiger partial charge in [0.25, 0.3) is 0 Å². The molecule has 0 fully saturated rings. The molecule has 4 nitrogen and oxygen atoms in total. The summed E-state index contributed by atoms with van der Waals surface area (Å²) in [6.07, 6.45) is 0. The third-order valence-electron chi connectivity index (χ3n) is 4.32. The van der Waals surface area contributed by atoms with E-state index in [9.17, 15) is 4.79 Å². The SMILES string of the molecule is O=c1cc(CNCCOc2ccccc2)c2c(ccc3ccccc32)o1. The summed E-state index contributed by atoms with van der Waals surface area (Å²) in [5, 5.41) is 6.55. The molecule has 1 aromatic heterocycles. The molecule has 3 aromatic carbocycles. The minimum Gasteiger partial charge on any atom is -0.492 e. The lowest BCUT2D eigenvalue weighted by Crippen LogP contribution is -2.21. The van der Waals surface area contributed by atoms with Gasteiger partial charge in [0.1, 0.15) is 17.9 Å². The number of hydrogen-bond acceptors (Lipinski definition) is 4. The minimum absolute atomic E-state index is 0.329. The monoisotopic (exact) mass is 345 g/mol. The van der Waals surface area contributed by atoms with Crippen molar-refractivity contribution in [1.29, 1.82) is 0 Å². The van der Waals surface area contributed by atoms with Gasteiger partial charge in [0, 0.05) is 24.5 Å². The number of benzene rings is 3. The van der Waals surface area contributed by atoms with Crippen LogP contribution in [-0.4, -0.2) is 13.2 Å². The maximum absolute atomic E-state index is 11.9. The molecule has 1 N–H and O–H groups in total. The zero-order valence-electron chi connectivity index (χ0n) is 14.3. The maximum Gasteiger partial charge on any atom is 0.336 e. The lowest BCUT2D eigenvalue weighted by atomic mass is 10.0. The number of ether oxygens (including phenoxy) is 1. The van der Waals surface area contributed by atoms with Gasteiger partial charge < -0.3 is 14.5 Å². The molecule has 1 heterocycles. The van der Waals surface area contributed by atoms with Crippen molar-refractivity contribution < 1.29 is 9.15 Å². The van der Waals surface area contributed by atoms with Crippen LogP contribution in [0.5, 0.6) is 5.75 Å². The molecule has 130 valence electrons. The standard InChI is InChI=1S/C22H19NO3/c24-21-14-17(15-23-12-13-25-18-7-2-1-3-8-18)22-19-9-5-4-6-16(19)10-11-20(22)26-21/h1-11,14,23H,12-13,15H2. The smallest absolute Gasteiger partial charge is 0.336 e.